The summed E-state index contributed by atoms with van der Waals surface area (Å²) >= 11 is 0. The number of hydrogen-bond donors (Lipinski definition) is 0. The SMILES string of the molecule is Cn1ccnc1C1CCCCN1C(=O)CC1(c2cccc(F)c2)CC(=O)N(Cc2cccnc2)C1=O. The molecule has 9 heteroatoms. The van der Waals surface area contributed by atoms with Gasteiger partial charge in [-0.1, -0.05) is 18.2 Å². The van der Waals surface area contributed by atoms with Crippen molar-refractivity contribution in [1.82, 2.24) is 24.3 Å². The van der Waals surface area contributed by atoms with Gasteiger partial charge in [0, 0.05) is 51.2 Å². The predicted molar refractivity (Wildman–Crippen MR) is 129 cm³/mol. The van der Waals surface area contributed by atoms with E-state index in [2.05, 4.69) is 9.97 Å². The Morgan fingerprint density at radius 3 is 2.75 bits per heavy atom. The van der Waals surface area contributed by atoms with Gasteiger partial charge in [0.05, 0.1) is 18.0 Å². The standard InChI is InChI=1S/C27H28FN5O3/c1-31-13-11-30-25(31)22-9-2-3-12-32(22)23(34)15-27(20-7-4-8-21(28)14-20)16-24(35)33(26(27)36)18-19-6-5-10-29-17-19/h4-8,10-11,13-14,17,22H,2-3,9,12,15-16,18H2,1H3. The van der Waals surface area contributed by atoms with Crippen molar-refractivity contribution >= 4 is 17.7 Å². The van der Waals surface area contributed by atoms with Crippen LogP contribution in [0.2, 0.25) is 0 Å². The number of piperidine rings is 1. The second-order valence-corrected chi connectivity index (χ2v) is 9.59. The van der Waals surface area contributed by atoms with Crippen LogP contribution in [0.15, 0.2) is 61.2 Å². The van der Waals surface area contributed by atoms with E-state index in [0.29, 0.717) is 17.7 Å². The molecule has 5 rings (SSSR count). The maximum atomic E-state index is 14.3. The summed E-state index contributed by atoms with van der Waals surface area (Å²) in [5.41, 5.74) is -0.429. The van der Waals surface area contributed by atoms with Crippen LogP contribution in [-0.4, -0.2) is 48.6 Å². The minimum atomic E-state index is -1.47. The van der Waals surface area contributed by atoms with Crippen molar-refractivity contribution in [3.8, 4) is 0 Å². The van der Waals surface area contributed by atoms with Gasteiger partial charge in [0.1, 0.15) is 11.6 Å². The van der Waals surface area contributed by atoms with E-state index in [1.165, 1.54) is 23.1 Å². The molecule has 0 bridgehead atoms. The van der Waals surface area contributed by atoms with Gasteiger partial charge in [0.25, 0.3) is 0 Å². The first-order valence-electron chi connectivity index (χ1n) is 12.2. The van der Waals surface area contributed by atoms with Gasteiger partial charge >= 0.3 is 0 Å². The van der Waals surface area contributed by atoms with Crippen LogP contribution in [0.4, 0.5) is 4.39 Å². The monoisotopic (exact) mass is 489 g/mol. The summed E-state index contributed by atoms with van der Waals surface area (Å²) in [6, 6.07) is 8.99. The number of aryl methyl sites for hydroxylation is 1. The maximum Gasteiger partial charge on any atom is 0.241 e. The van der Waals surface area contributed by atoms with Crippen molar-refractivity contribution in [3.05, 3.63) is 84.0 Å². The number of carbonyl (C=O) groups is 3. The number of amides is 3. The summed E-state index contributed by atoms with van der Waals surface area (Å²) in [4.78, 5) is 52.4. The average molecular weight is 490 g/mol. The van der Waals surface area contributed by atoms with Crippen molar-refractivity contribution in [2.75, 3.05) is 6.54 Å². The molecule has 2 atom stereocenters. The molecule has 8 nitrogen and oxygen atoms in total. The Bertz CT molecular complexity index is 1290. The van der Waals surface area contributed by atoms with Gasteiger partial charge in [-0.15, -0.1) is 0 Å². The minimum Gasteiger partial charge on any atom is -0.336 e. The molecule has 2 fully saturated rings. The Morgan fingerprint density at radius 1 is 1.17 bits per heavy atom. The highest BCUT2D eigenvalue weighted by Gasteiger charge is 2.54. The van der Waals surface area contributed by atoms with Crippen LogP contribution in [0.25, 0.3) is 0 Å². The minimum absolute atomic E-state index is 0.0520. The lowest BCUT2D eigenvalue weighted by atomic mass is 9.75. The molecule has 1 aromatic carbocycles. The summed E-state index contributed by atoms with van der Waals surface area (Å²) in [5, 5.41) is 0. The third-order valence-electron chi connectivity index (χ3n) is 7.28. The first-order valence-corrected chi connectivity index (χ1v) is 12.2. The molecule has 3 amide bonds. The van der Waals surface area contributed by atoms with Crippen LogP contribution < -0.4 is 0 Å². The molecular formula is C27H28FN5O3. The van der Waals surface area contributed by atoms with Gasteiger partial charge in [-0.05, 0) is 48.6 Å². The quantitative estimate of drug-likeness (QED) is 0.496. The summed E-state index contributed by atoms with van der Waals surface area (Å²) in [6.45, 7) is 0.591. The predicted octanol–water partition coefficient (Wildman–Crippen LogP) is 3.30. The Morgan fingerprint density at radius 2 is 2.03 bits per heavy atom. The lowest BCUT2D eigenvalue weighted by Gasteiger charge is -2.37. The zero-order chi connectivity index (χ0) is 25.3. The number of benzene rings is 1. The number of hydrogen-bond acceptors (Lipinski definition) is 5. The molecule has 0 radical (unpaired) electrons. The molecule has 2 aliphatic rings. The van der Waals surface area contributed by atoms with E-state index in [-0.39, 0.29) is 37.2 Å². The first kappa shape index (κ1) is 23.8. The van der Waals surface area contributed by atoms with Crippen LogP contribution in [0, 0.1) is 5.82 Å². The Labute approximate surface area is 208 Å². The van der Waals surface area contributed by atoms with Gasteiger partial charge in [-0.25, -0.2) is 9.37 Å². The Hall–Kier alpha value is -3.88. The van der Waals surface area contributed by atoms with E-state index in [0.717, 1.165) is 25.1 Å². The number of aromatic nitrogens is 3. The smallest absolute Gasteiger partial charge is 0.241 e. The number of likely N-dealkylation sites (tertiary alicyclic amines) is 2. The molecule has 2 aromatic heterocycles. The number of imidazole rings is 1. The number of pyridine rings is 1. The highest BCUT2D eigenvalue weighted by atomic mass is 19.1. The van der Waals surface area contributed by atoms with Gasteiger partial charge in [-0.2, -0.15) is 0 Å². The summed E-state index contributed by atoms with van der Waals surface area (Å²) in [7, 11) is 1.89. The van der Waals surface area contributed by atoms with Crippen molar-refractivity contribution in [2.24, 2.45) is 7.05 Å². The van der Waals surface area contributed by atoms with Gasteiger partial charge < -0.3 is 9.47 Å². The molecule has 0 aliphatic carbocycles. The second-order valence-electron chi connectivity index (χ2n) is 9.59. The van der Waals surface area contributed by atoms with Gasteiger partial charge in [0.2, 0.25) is 17.7 Å². The molecule has 3 aromatic rings. The highest BCUT2D eigenvalue weighted by Crippen LogP contribution is 2.42. The molecule has 2 unspecified atom stereocenters. The van der Waals surface area contributed by atoms with Crippen LogP contribution >= 0.6 is 0 Å². The molecule has 2 saturated heterocycles. The van der Waals surface area contributed by atoms with Crippen molar-refractivity contribution in [3.63, 3.8) is 0 Å². The Kier molecular flexibility index (Phi) is 6.38. The fourth-order valence-corrected chi connectivity index (χ4v) is 5.44. The first-order chi connectivity index (χ1) is 17.4. The molecule has 36 heavy (non-hydrogen) atoms. The van der Waals surface area contributed by atoms with E-state index in [1.807, 2.05) is 17.8 Å². The molecule has 186 valence electrons. The highest BCUT2D eigenvalue weighted by molar-refractivity contribution is 6.10. The lowest BCUT2D eigenvalue weighted by molar-refractivity contribution is -0.144. The third kappa shape index (κ3) is 4.29. The maximum absolute atomic E-state index is 14.3. The summed E-state index contributed by atoms with van der Waals surface area (Å²) in [6.07, 6.45) is 8.93. The fraction of sp³-hybridized carbons (Fsp3) is 0.370. The topological polar surface area (TPSA) is 88.4 Å². The normalized spacial score (nSPS) is 22.3. The summed E-state index contributed by atoms with van der Waals surface area (Å²) in [5.74, 6) is -0.846. The van der Waals surface area contributed by atoms with Crippen LogP contribution in [0.5, 0.6) is 0 Å². The number of rotatable bonds is 6. The molecule has 2 aliphatic heterocycles. The zero-order valence-corrected chi connectivity index (χ0v) is 20.1. The van der Waals surface area contributed by atoms with E-state index in [4.69, 9.17) is 0 Å². The number of nitrogens with zero attached hydrogens (tertiary/aromatic N) is 5. The second kappa shape index (κ2) is 9.64. The van der Waals surface area contributed by atoms with Crippen LogP contribution in [-0.2, 0) is 33.4 Å². The molecule has 0 N–H and O–H groups in total. The largest absolute Gasteiger partial charge is 0.336 e. The van der Waals surface area contributed by atoms with Gasteiger partial charge in [0.15, 0.2) is 0 Å². The zero-order valence-electron chi connectivity index (χ0n) is 20.1. The van der Waals surface area contributed by atoms with Crippen LogP contribution in [0.3, 0.4) is 0 Å². The van der Waals surface area contributed by atoms with E-state index in [9.17, 15) is 18.8 Å². The van der Waals surface area contributed by atoms with Gasteiger partial charge in [-0.3, -0.25) is 24.3 Å². The molecule has 0 saturated carbocycles. The van der Waals surface area contributed by atoms with E-state index >= 15 is 0 Å². The van der Waals surface area contributed by atoms with Crippen molar-refractivity contribution in [1.29, 1.82) is 0 Å². The Balaban J connectivity index is 1.49. The van der Waals surface area contributed by atoms with E-state index in [1.54, 1.807) is 41.7 Å². The number of halogens is 1. The average Bonchev–Trinajstić information content (AvgIpc) is 3.41. The van der Waals surface area contributed by atoms with Crippen molar-refractivity contribution in [2.45, 2.75) is 50.1 Å². The molecule has 0 spiro atoms. The number of carbonyl (C=O) groups excluding carboxylic acids is 3. The third-order valence-corrected chi connectivity index (χ3v) is 7.28. The van der Waals surface area contributed by atoms with Crippen LogP contribution in [0.1, 0.15) is 55.1 Å². The number of imide groups is 1. The molecular weight excluding hydrogens is 461 g/mol. The summed E-state index contributed by atoms with van der Waals surface area (Å²) < 4.78 is 16.2. The molecule has 4 heterocycles. The fourth-order valence-electron chi connectivity index (χ4n) is 5.44. The van der Waals surface area contributed by atoms with E-state index < -0.39 is 17.1 Å². The van der Waals surface area contributed by atoms with Crippen molar-refractivity contribution < 1.29 is 18.8 Å². The lowest BCUT2D eigenvalue weighted by Crippen LogP contribution is -2.46.